The van der Waals surface area contributed by atoms with Crippen LogP contribution in [0.4, 0.5) is 18.9 Å². The third-order valence-electron chi connectivity index (χ3n) is 6.16. The van der Waals surface area contributed by atoms with Gasteiger partial charge in [-0.3, -0.25) is 4.79 Å². The van der Waals surface area contributed by atoms with Crippen LogP contribution in [-0.2, 0) is 13.2 Å². The van der Waals surface area contributed by atoms with Crippen LogP contribution >= 0.6 is 0 Å². The third kappa shape index (κ3) is 4.51. The van der Waals surface area contributed by atoms with E-state index in [1.807, 2.05) is 13.0 Å². The molecule has 4 rings (SSSR count). The number of hydrogen-bond acceptors (Lipinski definition) is 5. The molecule has 0 N–H and O–H groups in total. The third-order valence-corrected chi connectivity index (χ3v) is 6.16. The lowest BCUT2D eigenvalue weighted by atomic mass is 9.91. The first kappa shape index (κ1) is 22.6. The number of ether oxygens (including phenoxy) is 1. The topological polar surface area (TPSA) is 71.2 Å². The minimum Gasteiger partial charge on any atom is -0.490 e. The van der Waals surface area contributed by atoms with Crippen molar-refractivity contribution in [2.24, 2.45) is 13.0 Å². The quantitative estimate of drug-likeness (QED) is 0.578. The number of hydrogen-bond donors (Lipinski definition) is 0. The van der Waals surface area contributed by atoms with Crippen LogP contribution in [0, 0.1) is 17.2 Å². The van der Waals surface area contributed by atoms with Gasteiger partial charge in [0.05, 0.1) is 16.8 Å². The summed E-state index contributed by atoms with van der Waals surface area (Å²) in [5, 5.41) is 9.27. The lowest BCUT2D eigenvalue weighted by Gasteiger charge is -2.39. The Bertz CT molecular complexity index is 1280. The Morgan fingerprint density at radius 1 is 1.24 bits per heavy atom. The zero-order valence-corrected chi connectivity index (χ0v) is 18.3. The normalized spacial score (nSPS) is 18.8. The van der Waals surface area contributed by atoms with Crippen molar-refractivity contribution < 1.29 is 17.9 Å². The van der Waals surface area contributed by atoms with Gasteiger partial charge in [-0.2, -0.15) is 18.4 Å². The van der Waals surface area contributed by atoms with Gasteiger partial charge in [0.25, 0.3) is 5.56 Å². The van der Waals surface area contributed by atoms with Gasteiger partial charge in [0.15, 0.2) is 0 Å². The fourth-order valence-electron chi connectivity index (χ4n) is 4.31. The Balaban J connectivity index is 1.61. The smallest absolute Gasteiger partial charge is 0.416 e. The SMILES string of the molecule is CCC1CN(c2cc(=O)n(C)c3ccc(C#N)nc23)CCC1Oc1cccc(C(F)(F)F)c1. The Morgan fingerprint density at radius 2 is 2.03 bits per heavy atom. The average molecular weight is 456 g/mol. The molecule has 2 unspecified atom stereocenters. The molecule has 1 saturated heterocycles. The maximum Gasteiger partial charge on any atom is 0.416 e. The van der Waals surface area contributed by atoms with Crippen LogP contribution in [0.1, 0.15) is 31.0 Å². The molecule has 9 heteroatoms. The van der Waals surface area contributed by atoms with E-state index in [-0.39, 0.29) is 29.0 Å². The van der Waals surface area contributed by atoms with Gasteiger partial charge in [-0.1, -0.05) is 13.0 Å². The van der Waals surface area contributed by atoms with Crippen molar-refractivity contribution in [3.05, 3.63) is 64.1 Å². The van der Waals surface area contributed by atoms with Crippen LogP contribution in [0.5, 0.6) is 5.75 Å². The van der Waals surface area contributed by atoms with Crippen molar-refractivity contribution in [2.75, 3.05) is 18.0 Å². The number of nitrogens with zero attached hydrogens (tertiary/aromatic N) is 4. The van der Waals surface area contributed by atoms with Crippen LogP contribution in [-0.4, -0.2) is 28.7 Å². The van der Waals surface area contributed by atoms with E-state index in [1.54, 1.807) is 19.2 Å². The molecule has 1 aromatic carbocycles. The minimum absolute atomic E-state index is 0.0338. The first-order valence-corrected chi connectivity index (χ1v) is 10.7. The fraction of sp³-hybridized carbons (Fsp3) is 0.375. The molecule has 33 heavy (non-hydrogen) atoms. The van der Waals surface area contributed by atoms with E-state index in [2.05, 4.69) is 9.88 Å². The lowest BCUT2D eigenvalue weighted by molar-refractivity contribution is -0.137. The number of rotatable bonds is 4. The van der Waals surface area contributed by atoms with Gasteiger partial charge in [-0.15, -0.1) is 0 Å². The molecule has 1 aliphatic rings. The molecule has 1 aliphatic heterocycles. The van der Waals surface area contributed by atoms with Crippen molar-refractivity contribution in [2.45, 2.75) is 32.0 Å². The summed E-state index contributed by atoms with van der Waals surface area (Å²) in [6.07, 6.45) is -3.36. The molecule has 0 spiro atoms. The van der Waals surface area contributed by atoms with Gasteiger partial charge in [-0.05, 0) is 36.8 Å². The standard InChI is InChI=1S/C24H23F3N4O2/c1-3-15-14-31(10-9-21(15)33-18-6-4-5-16(11-18)24(25,26)27)20-12-22(32)30(2)19-8-7-17(13-28)29-23(19)20/h4-8,11-12,15,21H,3,9-10,14H2,1-2H3. The van der Waals surface area contributed by atoms with E-state index in [0.717, 1.165) is 18.6 Å². The molecule has 0 saturated carbocycles. The molecular weight excluding hydrogens is 433 g/mol. The Morgan fingerprint density at radius 3 is 2.73 bits per heavy atom. The van der Waals surface area contributed by atoms with Gasteiger partial charge in [0.1, 0.15) is 29.1 Å². The highest BCUT2D eigenvalue weighted by Crippen LogP contribution is 2.34. The van der Waals surface area contributed by atoms with Crippen LogP contribution in [0.15, 0.2) is 47.3 Å². The number of fused-ring (bicyclic) bond motifs is 1. The summed E-state index contributed by atoms with van der Waals surface area (Å²) < 4.78 is 46.7. The van der Waals surface area contributed by atoms with Crippen molar-refractivity contribution in [1.29, 1.82) is 5.26 Å². The van der Waals surface area contributed by atoms with Crippen LogP contribution in [0.2, 0.25) is 0 Å². The van der Waals surface area contributed by atoms with E-state index < -0.39 is 11.7 Å². The Labute approximate surface area is 188 Å². The summed E-state index contributed by atoms with van der Waals surface area (Å²) in [7, 11) is 1.66. The number of aromatic nitrogens is 2. The molecule has 2 aromatic heterocycles. The molecule has 3 aromatic rings. The molecule has 0 bridgehead atoms. The number of nitriles is 1. The second-order valence-corrected chi connectivity index (χ2v) is 8.19. The highest BCUT2D eigenvalue weighted by molar-refractivity contribution is 5.88. The monoisotopic (exact) mass is 456 g/mol. The van der Waals surface area contributed by atoms with Crippen molar-refractivity contribution in [3.8, 4) is 11.8 Å². The second kappa shape index (κ2) is 8.77. The van der Waals surface area contributed by atoms with E-state index in [4.69, 9.17) is 4.74 Å². The van der Waals surface area contributed by atoms with Crippen LogP contribution in [0.25, 0.3) is 11.0 Å². The molecule has 0 amide bonds. The van der Waals surface area contributed by atoms with Gasteiger partial charge in [0, 0.05) is 38.5 Å². The molecule has 6 nitrogen and oxygen atoms in total. The van der Waals surface area contributed by atoms with E-state index in [9.17, 15) is 23.2 Å². The highest BCUT2D eigenvalue weighted by Gasteiger charge is 2.33. The number of benzene rings is 1. The summed E-state index contributed by atoms with van der Waals surface area (Å²) in [6, 6.07) is 11.8. The largest absolute Gasteiger partial charge is 0.490 e. The maximum atomic E-state index is 13.1. The number of anilines is 1. The number of pyridine rings is 2. The molecular formula is C24H23F3N4O2. The predicted molar refractivity (Wildman–Crippen MR) is 118 cm³/mol. The van der Waals surface area contributed by atoms with Crippen molar-refractivity contribution >= 4 is 16.7 Å². The minimum atomic E-state index is -4.43. The predicted octanol–water partition coefficient (Wildman–Crippen LogP) is 4.51. The zero-order valence-electron chi connectivity index (χ0n) is 18.3. The van der Waals surface area contributed by atoms with Crippen molar-refractivity contribution in [1.82, 2.24) is 9.55 Å². The van der Waals surface area contributed by atoms with Gasteiger partial charge in [0.2, 0.25) is 0 Å². The van der Waals surface area contributed by atoms with Crippen LogP contribution in [0.3, 0.4) is 0 Å². The lowest BCUT2D eigenvalue weighted by Crippen LogP contribution is -2.46. The summed E-state index contributed by atoms with van der Waals surface area (Å²) in [4.78, 5) is 19.0. The molecule has 3 heterocycles. The molecule has 1 fully saturated rings. The van der Waals surface area contributed by atoms with Crippen LogP contribution < -0.4 is 15.2 Å². The molecule has 0 aliphatic carbocycles. The molecule has 0 radical (unpaired) electrons. The number of piperidine rings is 1. The first-order valence-electron chi connectivity index (χ1n) is 10.7. The average Bonchev–Trinajstić information content (AvgIpc) is 2.81. The second-order valence-electron chi connectivity index (χ2n) is 8.19. The maximum absolute atomic E-state index is 13.1. The fourth-order valence-corrected chi connectivity index (χ4v) is 4.31. The van der Waals surface area contributed by atoms with E-state index >= 15 is 0 Å². The summed E-state index contributed by atoms with van der Waals surface area (Å²) >= 11 is 0. The molecule has 2 atom stereocenters. The van der Waals surface area contributed by atoms with Gasteiger partial charge < -0.3 is 14.2 Å². The Hall–Kier alpha value is -3.54. The zero-order chi connectivity index (χ0) is 23.8. The Kier molecular flexibility index (Phi) is 6.02. The van der Waals surface area contributed by atoms with Gasteiger partial charge >= 0.3 is 6.18 Å². The van der Waals surface area contributed by atoms with E-state index in [0.29, 0.717) is 36.2 Å². The number of alkyl halides is 3. The van der Waals surface area contributed by atoms with Gasteiger partial charge in [-0.25, -0.2) is 4.98 Å². The van der Waals surface area contributed by atoms with E-state index in [1.165, 1.54) is 22.8 Å². The summed E-state index contributed by atoms with van der Waals surface area (Å²) in [6.45, 7) is 3.10. The van der Waals surface area contributed by atoms with Crippen molar-refractivity contribution in [3.63, 3.8) is 0 Å². The molecule has 172 valence electrons. The highest BCUT2D eigenvalue weighted by atomic mass is 19.4. The first-order chi connectivity index (χ1) is 15.7. The number of aryl methyl sites for hydroxylation is 1. The summed E-state index contributed by atoms with van der Waals surface area (Å²) in [5.41, 5.74) is 1.20. The summed E-state index contributed by atoms with van der Waals surface area (Å²) in [5.74, 6) is 0.229. The number of halogens is 3.